The van der Waals surface area contributed by atoms with E-state index in [9.17, 15) is 0 Å². The minimum Gasteiger partial charge on any atom is -0.343 e. The molecule has 0 spiro atoms. The number of benzene rings is 1. The van der Waals surface area contributed by atoms with Crippen LogP contribution < -0.4 is 5.32 Å². The minimum absolute atomic E-state index is 0.369. The zero-order valence-electron chi connectivity index (χ0n) is 14.2. The molecule has 21 heavy (non-hydrogen) atoms. The third-order valence-electron chi connectivity index (χ3n) is 3.84. The van der Waals surface area contributed by atoms with Gasteiger partial charge in [0, 0.05) is 24.3 Å². The fraction of sp³-hybridized carbons (Fsp3) is 0.579. The molecule has 1 heterocycles. The molecule has 2 heteroatoms. The van der Waals surface area contributed by atoms with Gasteiger partial charge in [-0.3, -0.25) is 0 Å². The Bertz CT molecular complexity index is 573. The highest BCUT2D eigenvalue weighted by Crippen LogP contribution is 2.24. The SMILES string of the molecule is CC(C)CNCc1cc2ccccc2n1CCC(C)(C)C. The molecule has 2 rings (SSSR count). The van der Waals surface area contributed by atoms with Crippen molar-refractivity contribution in [3.63, 3.8) is 0 Å². The van der Waals surface area contributed by atoms with Gasteiger partial charge in [0.05, 0.1) is 0 Å². The average Bonchev–Trinajstić information content (AvgIpc) is 2.72. The molecule has 1 aromatic carbocycles. The maximum absolute atomic E-state index is 3.58. The third-order valence-corrected chi connectivity index (χ3v) is 3.84. The molecule has 0 aliphatic heterocycles. The summed E-state index contributed by atoms with van der Waals surface area (Å²) in [6.45, 7) is 14.6. The Morgan fingerprint density at radius 2 is 1.86 bits per heavy atom. The molecule has 0 amide bonds. The summed E-state index contributed by atoms with van der Waals surface area (Å²) in [5.41, 5.74) is 3.14. The highest BCUT2D eigenvalue weighted by Gasteiger charge is 2.13. The number of hydrogen-bond acceptors (Lipinski definition) is 1. The third kappa shape index (κ3) is 4.60. The van der Waals surface area contributed by atoms with Gasteiger partial charge in [-0.25, -0.2) is 0 Å². The smallest absolute Gasteiger partial charge is 0.0482 e. The Morgan fingerprint density at radius 3 is 2.52 bits per heavy atom. The largest absolute Gasteiger partial charge is 0.343 e. The van der Waals surface area contributed by atoms with Crippen molar-refractivity contribution in [2.24, 2.45) is 11.3 Å². The highest BCUT2D eigenvalue weighted by atomic mass is 15.0. The first-order valence-electron chi connectivity index (χ1n) is 8.15. The van der Waals surface area contributed by atoms with E-state index in [1.165, 1.54) is 23.0 Å². The molecule has 0 unspecified atom stereocenters. The lowest BCUT2D eigenvalue weighted by Crippen LogP contribution is -2.21. The van der Waals surface area contributed by atoms with Crippen molar-refractivity contribution in [1.82, 2.24) is 9.88 Å². The standard InChI is InChI=1S/C19H30N2/c1-15(2)13-20-14-17-12-16-8-6-7-9-18(16)21(17)11-10-19(3,4)5/h6-9,12,15,20H,10-11,13-14H2,1-5H3. The van der Waals surface area contributed by atoms with E-state index in [2.05, 4.69) is 74.8 Å². The Balaban J connectivity index is 2.21. The average molecular weight is 286 g/mol. The second-order valence-electron chi connectivity index (χ2n) is 7.68. The Kier molecular flexibility index (Phi) is 5.10. The molecule has 1 N–H and O–H groups in total. The van der Waals surface area contributed by atoms with Gasteiger partial charge in [0.15, 0.2) is 0 Å². The molecule has 0 bridgehead atoms. The van der Waals surface area contributed by atoms with E-state index in [1.807, 2.05) is 0 Å². The van der Waals surface area contributed by atoms with E-state index in [-0.39, 0.29) is 0 Å². The molecule has 0 fully saturated rings. The summed E-state index contributed by atoms with van der Waals surface area (Å²) < 4.78 is 2.49. The summed E-state index contributed by atoms with van der Waals surface area (Å²) in [4.78, 5) is 0. The lowest BCUT2D eigenvalue weighted by molar-refractivity contribution is 0.350. The van der Waals surface area contributed by atoms with Crippen LogP contribution in [0.15, 0.2) is 30.3 Å². The normalized spacial score (nSPS) is 12.5. The van der Waals surface area contributed by atoms with Crippen LogP contribution in [0.2, 0.25) is 0 Å². The number of para-hydroxylation sites is 1. The van der Waals surface area contributed by atoms with Gasteiger partial charge in [-0.2, -0.15) is 0 Å². The van der Waals surface area contributed by atoms with Crippen LogP contribution in [-0.4, -0.2) is 11.1 Å². The molecule has 0 atom stereocenters. The summed E-state index contributed by atoms with van der Waals surface area (Å²) in [5, 5.41) is 4.93. The zero-order chi connectivity index (χ0) is 15.5. The van der Waals surface area contributed by atoms with Gasteiger partial charge >= 0.3 is 0 Å². The number of nitrogens with zero attached hydrogens (tertiary/aromatic N) is 1. The van der Waals surface area contributed by atoms with Crippen LogP contribution in [-0.2, 0) is 13.1 Å². The van der Waals surface area contributed by atoms with Crippen molar-refractivity contribution >= 4 is 10.9 Å². The van der Waals surface area contributed by atoms with Gasteiger partial charge < -0.3 is 9.88 Å². The second-order valence-corrected chi connectivity index (χ2v) is 7.68. The summed E-state index contributed by atoms with van der Waals surface area (Å²) >= 11 is 0. The Labute approximate surface area is 129 Å². The predicted molar refractivity (Wildman–Crippen MR) is 92.6 cm³/mol. The number of hydrogen-bond donors (Lipinski definition) is 1. The molecule has 0 radical (unpaired) electrons. The molecule has 0 aliphatic carbocycles. The van der Waals surface area contributed by atoms with E-state index >= 15 is 0 Å². The van der Waals surface area contributed by atoms with Gasteiger partial charge in [0.2, 0.25) is 0 Å². The molecule has 0 saturated heterocycles. The lowest BCUT2D eigenvalue weighted by Gasteiger charge is -2.20. The first-order chi connectivity index (χ1) is 9.87. The monoisotopic (exact) mass is 286 g/mol. The summed E-state index contributed by atoms with van der Waals surface area (Å²) in [7, 11) is 0. The number of nitrogens with one attached hydrogen (secondary N) is 1. The maximum Gasteiger partial charge on any atom is 0.0482 e. The summed E-state index contributed by atoms with van der Waals surface area (Å²) in [5.74, 6) is 0.692. The van der Waals surface area contributed by atoms with Gasteiger partial charge in [-0.1, -0.05) is 52.8 Å². The predicted octanol–water partition coefficient (Wildman–Crippen LogP) is 4.82. The van der Waals surface area contributed by atoms with Crippen molar-refractivity contribution in [2.75, 3.05) is 6.54 Å². The zero-order valence-corrected chi connectivity index (χ0v) is 14.2. The Morgan fingerprint density at radius 1 is 1.14 bits per heavy atom. The van der Waals surface area contributed by atoms with Crippen LogP contribution in [0.4, 0.5) is 0 Å². The van der Waals surface area contributed by atoms with E-state index in [0.29, 0.717) is 11.3 Å². The summed E-state index contributed by atoms with van der Waals surface area (Å²) in [6.07, 6.45) is 1.20. The van der Waals surface area contributed by atoms with E-state index in [0.717, 1.165) is 19.6 Å². The van der Waals surface area contributed by atoms with Crippen molar-refractivity contribution in [3.8, 4) is 0 Å². The molecule has 0 aliphatic rings. The van der Waals surface area contributed by atoms with Crippen LogP contribution in [0.25, 0.3) is 10.9 Å². The van der Waals surface area contributed by atoms with E-state index < -0.39 is 0 Å². The van der Waals surface area contributed by atoms with Crippen LogP contribution in [0.5, 0.6) is 0 Å². The van der Waals surface area contributed by atoms with Crippen LogP contribution in [0.1, 0.15) is 46.7 Å². The lowest BCUT2D eigenvalue weighted by atomic mass is 9.92. The molecule has 2 nitrogen and oxygen atoms in total. The molecule has 0 saturated carbocycles. The van der Waals surface area contributed by atoms with Crippen molar-refractivity contribution < 1.29 is 0 Å². The van der Waals surface area contributed by atoms with Gasteiger partial charge in [0.25, 0.3) is 0 Å². The second kappa shape index (κ2) is 6.65. The molecular weight excluding hydrogens is 256 g/mol. The quantitative estimate of drug-likeness (QED) is 0.805. The maximum atomic E-state index is 3.58. The fourth-order valence-electron chi connectivity index (χ4n) is 2.61. The van der Waals surface area contributed by atoms with E-state index in [4.69, 9.17) is 0 Å². The van der Waals surface area contributed by atoms with Gasteiger partial charge in [0.1, 0.15) is 0 Å². The Hall–Kier alpha value is -1.28. The fourth-order valence-corrected chi connectivity index (χ4v) is 2.61. The minimum atomic E-state index is 0.369. The van der Waals surface area contributed by atoms with Crippen molar-refractivity contribution in [3.05, 3.63) is 36.0 Å². The molecular formula is C19H30N2. The number of aromatic nitrogens is 1. The first kappa shape index (κ1) is 16.1. The summed E-state index contributed by atoms with van der Waals surface area (Å²) in [6, 6.07) is 11.1. The molecule has 2 aromatic rings. The topological polar surface area (TPSA) is 17.0 Å². The first-order valence-corrected chi connectivity index (χ1v) is 8.15. The van der Waals surface area contributed by atoms with Crippen LogP contribution >= 0.6 is 0 Å². The van der Waals surface area contributed by atoms with Crippen molar-refractivity contribution in [1.29, 1.82) is 0 Å². The van der Waals surface area contributed by atoms with E-state index in [1.54, 1.807) is 0 Å². The number of fused-ring (bicyclic) bond motifs is 1. The molecule has 1 aromatic heterocycles. The highest BCUT2D eigenvalue weighted by molar-refractivity contribution is 5.81. The van der Waals surface area contributed by atoms with Gasteiger partial charge in [-0.15, -0.1) is 0 Å². The molecule has 116 valence electrons. The van der Waals surface area contributed by atoms with Gasteiger partial charge in [-0.05, 0) is 41.8 Å². The van der Waals surface area contributed by atoms with Crippen molar-refractivity contribution in [2.45, 2.75) is 54.1 Å². The van der Waals surface area contributed by atoms with Crippen LogP contribution in [0.3, 0.4) is 0 Å². The van der Waals surface area contributed by atoms with Crippen LogP contribution in [0, 0.1) is 11.3 Å². The number of aryl methyl sites for hydroxylation is 1. The number of rotatable bonds is 6.